The fourth-order valence-corrected chi connectivity index (χ4v) is 2.65. The summed E-state index contributed by atoms with van der Waals surface area (Å²) in [5, 5.41) is 6.60. The number of rotatable bonds is 4. The predicted molar refractivity (Wildman–Crippen MR) is 88.0 cm³/mol. The number of hydrogen-bond acceptors (Lipinski definition) is 7. The number of carbonyl (C=O) groups is 1. The molecule has 3 aromatic rings. The van der Waals surface area contributed by atoms with Gasteiger partial charge in [-0.15, -0.1) is 0 Å². The molecule has 8 heteroatoms. The van der Waals surface area contributed by atoms with E-state index in [4.69, 9.17) is 13.7 Å². The normalized spacial score (nSPS) is 16.2. The summed E-state index contributed by atoms with van der Waals surface area (Å²) >= 11 is 0. The van der Waals surface area contributed by atoms with Gasteiger partial charge >= 0.3 is 0 Å². The van der Waals surface area contributed by atoms with Gasteiger partial charge in [0.2, 0.25) is 0 Å². The second-order valence-corrected chi connectivity index (χ2v) is 5.67. The molecule has 3 heterocycles. The molecule has 1 N–H and O–H groups in total. The van der Waals surface area contributed by atoms with Crippen LogP contribution in [0.1, 0.15) is 5.82 Å². The first-order chi connectivity index (χ1) is 12.2. The second kappa shape index (κ2) is 6.31. The van der Waals surface area contributed by atoms with Crippen LogP contribution in [0, 0.1) is 0 Å². The highest BCUT2D eigenvalue weighted by atomic mass is 16.5. The molecule has 0 fully saturated rings. The van der Waals surface area contributed by atoms with E-state index < -0.39 is 6.10 Å². The molecule has 1 atom stereocenters. The van der Waals surface area contributed by atoms with Gasteiger partial charge in [-0.25, -0.2) is 0 Å². The molecule has 4 rings (SSSR count). The first kappa shape index (κ1) is 15.3. The Balaban J connectivity index is 1.38. The first-order valence-corrected chi connectivity index (χ1v) is 7.82. The van der Waals surface area contributed by atoms with Gasteiger partial charge in [0.25, 0.3) is 11.8 Å². The quantitative estimate of drug-likeness (QED) is 0.774. The lowest BCUT2D eigenvalue weighted by Gasteiger charge is -2.32. The van der Waals surface area contributed by atoms with Crippen molar-refractivity contribution in [3.63, 3.8) is 0 Å². The number of nitrogens with zero attached hydrogens (tertiary/aromatic N) is 3. The average Bonchev–Trinajstić information content (AvgIpc) is 3.31. The molecule has 0 spiro atoms. The van der Waals surface area contributed by atoms with Gasteiger partial charge in [0.05, 0.1) is 25.0 Å². The van der Waals surface area contributed by atoms with E-state index in [1.807, 2.05) is 36.2 Å². The summed E-state index contributed by atoms with van der Waals surface area (Å²) in [6.45, 7) is 0.612. The Bertz CT molecular complexity index is 874. The number of likely N-dealkylation sites (N-methyl/N-ethyl adjacent to an activating group) is 1. The molecule has 0 saturated carbocycles. The van der Waals surface area contributed by atoms with Crippen LogP contribution in [0.15, 0.2) is 51.6 Å². The number of amides is 1. The van der Waals surface area contributed by atoms with E-state index in [1.165, 1.54) is 6.26 Å². The molecule has 128 valence electrons. The van der Waals surface area contributed by atoms with Crippen LogP contribution < -0.4 is 15.0 Å². The van der Waals surface area contributed by atoms with Crippen LogP contribution in [0.5, 0.6) is 5.75 Å². The Hall–Kier alpha value is -3.29. The van der Waals surface area contributed by atoms with Crippen LogP contribution >= 0.6 is 0 Å². The summed E-state index contributed by atoms with van der Waals surface area (Å²) in [7, 11) is 1.93. The summed E-state index contributed by atoms with van der Waals surface area (Å²) in [5.41, 5.74) is 0.966. The van der Waals surface area contributed by atoms with Crippen LogP contribution in [-0.2, 0) is 11.3 Å². The van der Waals surface area contributed by atoms with Gasteiger partial charge in [-0.1, -0.05) is 17.3 Å². The van der Waals surface area contributed by atoms with E-state index in [2.05, 4.69) is 15.5 Å². The number of carbonyl (C=O) groups excluding carboxylic acids is 1. The van der Waals surface area contributed by atoms with Crippen molar-refractivity contribution >= 4 is 11.6 Å². The number of para-hydroxylation sites is 2. The van der Waals surface area contributed by atoms with Crippen LogP contribution in [0.2, 0.25) is 0 Å². The minimum absolute atomic E-state index is 0.147. The van der Waals surface area contributed by atoms with Crippen molar-refractivity contribution in [1.29, 1.82) is 0 Å². The number of aromatic nitrogens is 2. The Morgan fingerprint density at radius 3 is 3.04 bits per heavy atom. The number of hydrogen-bond donors (Lipinski definition) is 1. The molecule has 1 unspecified atom stereocenters. The van der Waals surface area contributed by atoms with Gasteiger partial charge in [-0.2, -0.15) is 4.98 Å². The molecule has 0 aliphatic carbocycles. The molecule has 1 aliphatic rings. The van der Waals surface area contributed by atoms with Gasteiger partial charge in [0.15, 0.2) is 17.7 Å². The molecular weight excluding hydrogens is 324 g/mol. The average molecular weight is 340 g/mol. The standard InChI is InChI=1S/C17H16N4O4/c1-21-10-14(24-12-6-3-2-5-11(12)21)16(22)18-9-15-19-17(25-20-15)13-7-4-8-23-13/h2-8,14H,9-10H2,1H3,(H,18,22). The third-order valence-corrected chi connectivity index (χ3v) is 3.90. The Morgan fingerprint density at radius 1 is 1.32 bits per heavy atom. The third kappa shape index (κ3) is 3.06. The van der Waals surface area contributed by atoms with Crippen molar-refractivity contribution in [3.05, 3.63) is 48.5 Å². The lowest BCUT2D eigenvalue weighted by Crippen LogP contribution is -2.47. The highest BCUT2D eigenvalue weighted by Crippen LogP contribution is 2.31. The maximum Gasteiger partial charge on any atom is 0.293 e. The van der Waals surface area contributed by atoms with Crippen molar-refractivity contribution in [2.24, 2.45) is 0 Å². The highest BCUT2D eigenvalue weighted by Gasteiger charge is 2.28. The smallest absolute Gasteiger partial charge is 0.293 e. The molecule has 0 radical (unpaired) electrons. The van der Waals surface area contributed by atoms with Gasteiger partial charge in [-0.3, -0.25) is 4.79 Å². The van der Waals surface area contributed by atoms with Crippen LogP contribution in [0.4, 0.5) is 5.69 Å². The fraction of sp³-hybridized carbons (Fsp3) is 0.235. The van der Waals surface area contributed by atoms with Crippen LogP contribution in [0.25, 0.3) is 11.7 Å². The predicted octanol–water partition coefficient (Wildman–Crippen LogP) is 1.84. The molecule has 1 amide bonds. The van der Waals surface area contributed by atoms with Gasteiger partial charge < -0.3 is 23.9 Å². The SMILES string of the molecule is CN1CC(C(=O)NCc2noc(-c3ccco3)n2)Oc2ccccc21. The Morgan fingerprint density at radius 2 is 2.20 bits per heavy atom. The number of nitrogens with one attached hydrogen (secondary N) is 1. The van der Waals surface area contributed by atoms with Crippen molar-refractivity contribution in [1.82, 2.24) is 15.5 Å². The van der Waals surface area contributed by atoms with E-state index in [0.29, 0.717) is 23.9 Å². The third-order valence-electron chi connectivity index (χ3n) is 3.90. The summed E-state index contributed by atoms with van der Waals surface area (Å²) in [5.74, 6) is 1.59. The first-order valence-electron chi connectivity index (χ1n) is 7.82. The topological polar surface area (TPSA) is 93.6 Å². The summed E-state index contributed by atoms with van der Waals surface area (Å²) in [4.78, 5) is 18.6. The van der Waals surface area contributed by atoms with Gasteiger partial charge in [0.1, 0.15) is 5.75 Å². The maximum atomic E-state index is 12.4. The minimum atomic E-state index is -0.601. The highest BCUT2D eigenvalue weighted by molar-refractivity contribution is 5.83. The molecular formula is C17H16N4O4. The van der Waals surface area contributed by atoms with E-state index in [1.54, 1.807) is 12.1 Å². The largest absolute Gasteiger partial charge is 0.477 e. The van der Waals surface area contributed by atoms with Crippen molar-refractivity contribution in [2.75, 3.05) is 18.5 Å². The zero-order valence-electron chi connectivity index (χ0n) is 13.5. The van der Waals surface area contributed by atoms with Crippen molar-refractivity contribution in [3.8, 4) is 17.4 Å². The zero-order valence-corrected chi connectivity index (χ0v) is 13.5. The number of anilines is 1. The summed E-state index contributed by atoms with van der Waals surface area (Å²) < 4.78 is 16.1. The lowest BCUT2D eigenvalue weighted by molar-refractivity contribution is -0.128. The molecule has 1 aliphatic heterocycles. The Kier molecular flexibility index (Phi) is 3.85. The fourth-order valence-electron chi connectivity index (χ4n) is 2.65. The van der Waals surface area contributed by atoms with Crippen molar-refractivity contribution < 1.29 is 18.5 Å². The Labute approximate surface area is 143 Å². The van der Waals surface area contributed by atoms with Gasteiger partial charge in [0, 0.05) is 7.05 Å². The van der Waals surface area contributed by atoms with E-state index >= 15 is 0 Å². The van der Waals surface area contributed by atoms with Crippen LogP contribution in [-0.4, -0.2) is 35.7 Å². The lowest BCUT2D eigenvalue weighted by atomic mass is 10.2. The molecule has 8 nitrogen and oxygen atoms in total. The molecule has 1 aromatic carbocycles. The molecule has 25 heavy (non-hydrogen) atoms. The number of fused-ring (bicyclic) bond motifs is 1. The minimum Gasteiger partial charge on any atom is -0.477 e. The number of ether oxygens (including phenoxy) is 1. The monoisotopic (exact) mass is 340 g/mol. The van der Waals surface area contributed by atoms with Crippen LogP contribution in [0.3, 0.4) is 0 Å². The summed E-state index contributed by atoms with van der Waals surface area (Å²) in [6, 6.07) is 11.1. The van der Waals surface area contributed by atoms with E-state index in [-0.39, 0.29) is 18.3 Å². The van der Waals surface area contributed by atoms with Crippen molar-refractivity contribution in [2.45, 2.75) is 12.6 Å². The summed E-state index contributed by atoms with van der Waals surface area (Å²) in [6.07, 6.45) is 0.923. The van der Waals surface area contributed by atoms with Gasteiger partial charge in [-0.05, 0) is 24.3 Å². The molecule has 0 saturated heterocycles. The maximum absolute atomic E-state index is 12.4. The molecule has 2 aromatic heterocycles. The number of benzene rings is 1. The van der Waals surface area contributed by atoms with E-state index in [0.717, 1.165) is 5.69 Å². The second-order valence-electron chi connectivity index (χ2n) is 5.67. The molecule has 0 bridgehead atoms. The zero-order chi connectivity index (χ0) is 17.2. The number of furan rings is 1. The van der Waals surface area contributed by atoms with E-state index in [9.17, 15) is 4.79 Å².